The number of hydrogen-bond acceptors (Lipinski definition) is 21. The van der Waals surface area contributed by atoms with E-state index in [-0.39, 0.29) is 28.2 Å². The van der Waals surface area contributed by atoms with Gasteiger partial charge in [-0.05, 0) is 240 Å². The molecule has 10 aromatic heterocycles. The smallest absolute Gasteiger partial charge is 0.321 e. The Kier molecular flexibility index (Phi) is 33.4. The maximum Gasteiger partial charge on any atom is 0.321 e. The number of halogens is 7. The van der Waals surface area contributed by atoms with E-state index in [4.69, 9.17) is 47.4 Å². The molecule has 42 heteroatoms. The molecule has 18 rings (SSSR count). The first-order chi connectivity index (χ1) is 60.3. The number of pyridine rings is 1. The average Bonchev–Trinajstić information content (AvgIpc) is 1.65. The van der Waals surface area contributed by atoms with E-state index < -0.39 is 0 Å². The Morgan fingerprint density at radius 3 is 1.19 bits per heavy atom. The van der Waals surface area contributed by atoms with Crippen LogP contribution in [0.4, 0.5) is 47.7 Å². The van der Waals surface area contributed by atoms with Gasteiger partial charge in [0.05, 0.1) is 70.5 Å². The Labute approximate surface area is 796 Å². The molecular weight excluding hydrogens is 2140 g/mol. The van der Waals surface area contributed by atoms with Crippen molar-refractivity contribution in [3.63, 3.8) is 0 Å². The SMILES string of the molecule is CCNC(=O)Nc1nc2cc(-n3cccn3)cc(-c3ccccn3)c2s1.CCNC(=O)Nc1nc2cc(-n3cccn3)cc(Br)c2s1.NC(=S)Nc1cc(Br)cc(-n2cccn2)c1.Nc1cc(Br)cc(-n2cccn2)c1.Nc1cc(Br)cc(Br)c1.Nc1nc2cc(-n3cccn3)cc(Br)c2s1.O=C(NC(=S)Nc1cc(Br)cc(-n2cccn2)c1)c1ccccc1. The molecule has 0 fully saturated rings. The molecule has 0 atom stereocenters. The van der Waals surface area contributed by atoms with Gasteiger partial charge in [0.2, 0.25) is 0 Å². The Balaban J connectivity index is 0.000000135. The van der Waals surface area contributed by atoms with Crippen molar-refractivity contribution in [2.24, 2.45) is 5.73 Å². The molecule has 30 nitrogen and oxygen atoms in total. The van der Waals surface area contributed by atoms with Crippen molar-refractivity contribution in [3.8, 4) is 45.4 Å². The number of urea groups is 2. The third kappa shape index (κ3) is 27.1. The summed E-state index contributed by atoms with van der Waals surface area (Å²) >= 11 is 38.3. The highest BCUT2D eigenvalue weighted by Crippen LogP contribution is 2.39. The normalized spacial score (nSPS) is 10.5. The molecule has 15 N–H and O–H groups in total. The second-order valence-corrected chi connectivity index (χ2v) is 35.6. The number of thiocarbonyl (C=S) groups is 2. The lowest BCUT2D eigenvalue weighted by atomic mass is 10.1. The summed E-state index contributed by atoms with van der Waals surface area (Å²) in [6.07, 6.45) is 23.4. The number of nitrogens with two attached hydrogens (primary N) is 4. The molecule has 0 aliphatic heterocycles. The van der Waals surface area contributed by atoms with Crippen molar-refractivity contribution in [2.45, 2.75) is 13.8 Å². The van der Waals surface area contributed by atoms with Crippen molar-refractivity contribution in [2.75, 3.05) is 51.6 Å². The zero-order valence-corrected chi connectivity index (χ0v) is 80.5. The lowest BCUT2D eigenvalue weighted by molar-refractivity contribution is 0.0977. The summed E-state index contributed by atoms with van der Waals surface area (Å²) in [5, 5.41) is 46.8. The number of fused-ring (bicyclic) bond motifs is 3. The number of carbonyl (C=O) groups excluding carboxylic acids is 3. The van der Waals surface area contributed by atoms with E-state index in [1.165, 1.54) is 34.0 Å². The van der Waals surface area contributed by atoms with Crippen LogP contribution < -0.4 is 60.2 Å². The summed E-state index contributed by atoms with van der Waals surface area (Å²) in [4.78, 5) is 53.2. The highest BCUT2D eigenvalue weighted by molar-refractivity contribution is 9.11. The molecular formula is C83H70Br7N27O3S5. The fraction of sp³-hybridized carbons (Fsp3) is 0.0482. The quantitative estimate of drug-likeness (QED) is 0.0356. The highest BCUT2D eigenvalue weighted by atomic mass is 79.9. The van der Waals surface area contributed by atoms with Crippen LogP contribution in [-0.2, 0) is 0 Å². The van der Waals surface area contributed by atoms with Crippen LogP contribution in [0.5, 0.6) is 0 Å². The van der Waals surface area contributed by atoms with Crippen LogP contribution in [0.25, 0.3) is 76.0 Å². The number of hydrogen-bond donors (Lipinski definition) is 11. The van der Waals surface area contributed by atoms with E-state index in [1.807, 2.05) is 221 Å². The number of aromatic nitrogens is 16. The molecule has 0 aliphatic rings. The first-order valence-electron chi connectivity index (χ1n) is 36.9. The van der Waals surface area contributed by atoms with Crippen LogP contribution in [0.15, 0.2) is 306 Å². The standard InChI is InChI=1S/C18H16N6OS.C17H13BrN4OS.C13H12BrN5OS.C10H7BrN4S.C10H9BrN4S.C9H8BrN3.C6H5Br2N/c1-2-19-17(25)23-18-22-15-11-12(24-9-5-8-21-24)10-13(16(15)26-18)14-6-3-4-7-20-14;18-13-9-14(11-15(10-13)22-8-4-7-19-22)20-17(24)21-16(23)12-5-2-1-3-6-12;1-2-15-12(20)18-13-17-10-7-8(19-5-3-4-16-19)6-9(14)11(10)21-13;11-7-4-6(15-3-1-2-13-15)5-8-9(7)16-10(12)14-8;11-7-4-8(14-10(12)16)6-9(5-7)15-3-1-2-13-15;10-7-4-8(11)6-9(5-7)13-3-1-2-12-13;7-4-1-5(8)3-6(9)2-4/h3-11H,2H2,1H3,(H2,19,22,23,25);1-11H,(H2,20,21,23,24);3-7H,2H2,1H3,(H2,15,17,18,20);1-5H,(H2,12,14);1-6H,(H3,12,14,16);1-6H,11H2;1-3H,9H2. The summed E-state index contributed by atoms with van der Waals surface area (Å²) < 4.78 is 20.3. The maximum atomic E-state index is 12.1. The van der Waals surface area contributed by atoms with Crippen LogP contribution in [0.2, 0.25) is 0 Å². The van der Waals surface area contributed by atoms with Gasteiger partial charge in [-0.15, -0.1) is 0 Å². The van der Waals surface area contributed by atoms with Gasteiger partial charge in [0, 0.05) is 159 Å². The van der Waals surface area contributed by atoms with Gasteiger partial charge in [0.15, 0.2) is 25.6 Å². The molecule has 0 saturated heterocycles. The maximum absolute atomic E-state index is 12.1. The van der Waals surface area contributed by atoms with E-state index in [0.717, 1.165) is 130 Å². The third-order valence-electron chi connectivity index (χ3n) is 16.4. The average molecular weight is 2210 g/mol. The first-order valence-corrected chi connectivity index (χ1v) is 45.7. The molecule has 0 unspecified atom stereocenters. The van der Waals surface area contributed by atoms with Crippen molar-refractivity contribution < 1.29 is 14.4 Å². The van der Waals surface area contributed by atoms with Gasteiger partial charge in [-0.25, -0.2) is 52.6 Å². The molecule has 125 heavy (non-hydrogen) atoms. The molecule has 0 aliphatic carbocycles. The van der Waals surface area contributed by atoms with E-state index in [2.05, 4.69) is 199 Å². The third-order valence-corrected chi connectivity index (χ3v) is 23.7. The van der Waals surface area contributed by atoms with Gasteiger partial charge in [-0.1, -0.05) is 138 Å². The number of benzene rings is 8. The van der Waals surface area contributed by atoms with Gasteiger partial charge in [-0.2, -0.15) is 30.6 Å². The summed E-state index contributed by atoms with van der Waals surface area (Å²) in [5.41, 5.74) is 35.7. The van der Waals surface area contributed by atoms with Crippen LogP contribution in [0.1, 0.15) is 24.2 Å². The second-order valence-electron chi connectivity index (χ2n) is 25.5. The minimum Gasteiger partial charge on any atom is -0.399 e. The lowest BCUT2D eigenvalue weighted by Crippen LogP contribution is -2.34. The van der Waals surface area contributed by atoms with Crippen molar-refractivity contribution in [3.05, 3.63) is 312 Å². The monoisotopic (exact) mass is 2200 g/mol. The molecule has 5 amide bonds. The van der Waals surface area contributed by atoms with E-state index in [9.17, 15) is 14.4 Å². The minimum atomic E-state index is -0.266. The summed E-state index contributed by atoms with van der Waals surface area (Å²) in [6, 6.07) is 60.0. The lowest BCUT2D eigenvalue weighted by Gasteiger charge is -2.11. The second kappa shape index (κ2) is 45.2. The van der Waals surface area contributed by atoms with Gasteiger partial charge in [0.25, 0.3) is 5.91 Å². The Bertz CT molecular complexity index is 6580. The highest BCUT2D eigenvalue weighted by Gasteiger charge is 2.18. The fourth-order valence-electron chi connectivity index (χ4n) is 11.3. The minimum absolute atomic E-state index is 0.230. The number of rotatable bonds is 14. The molecule has 0 spiro atoms. The molecule has 0 saturated carbocycles. The molecule has 0 bridgehead atoms. The van der Waals surface area contributed by atoms with Crippen LogP contribution in [0.3, 0.4) is 0 Å². The number of anilines is 7. The Morgan fingerprint density at radius 2 is 0.776 bits per heavy atom. The summed E-state index contributed by atoms with van der Waals surface area (Å²) in [6.45, 7) is 4.86. The van der Waals surface area contributed by atoms with Gasteiger partial charge in [-0.3, -0.25) is 25.7 Å². The van der Waals surface area contributed by atoms with E-state index >= 15 is 0 Å². The zero-order valence-electron chi connectivity index (χ0n) is 65.3. The molecule has 634 valence electrons. The zero-order chi connectivity index (χ0) is 88.5. The van der Waals surface area contributed by atoms with Gasteiger partial charge < -0.3 is 44.2 Å². The van der Waals surface area contributed by atoms with Crippen molar-refractivity contribution in [1.29, 1.82) is 0 Å². The number of carbonyl (C=O) groups is 3. The number of nitrogen functional groups attached to an aromatic ring is 3. The summed E-state index contributed by atoms with van der Waals surface area (Å²) in [5.74, 6) is -0.254. The first kappa shape index (κ1) is 92.4. The van der Waals surface area contributed by atoms with Crippen molar-refractivity contribution in [1.82, 2.24) is 94.6 Å². The van der Waals surface area contributed by atoms with E-state index in [1.54, 1.807) is 95.7 Å². The number of amides is 5. The van der Waals surface area contributed by atoms with Gasteiger partial charge in [0.1, 0.15) is 0 Å². The predicted molar refractivity (Wildman–Crippen MR) is 534 cm³/mol. The number of nitrogens with one attached hydrogen (secondary N) is 7. The number of nitrogens with zero attached hydrogens (tertiary/aromatic N) is 16. The molecule has 10 heterocycles. The molecule has 8 aromatic carbocycles. The largest absolute Gasteiger partial charge is 0.399 e. The van der Waals surface area contributed by atoms with E-state index in [0.29, 0.717) is 34.0 Å². The van der Waals surface area contributed by atoms with Crippen LogP contribution in [0, 0.1) is 0 Å². The summed E-state index contributed by atoms with van der Waals surface area (Å²) in [7, 11) is 0. The number of thiazole rings is 3. The predicted octanol–water partition coefficient (Wildman–Crippen LogP) is 21.0. The fourth-order valence-corrected chi connectivity index (χ4v) is 18.3. The van der Waals surface area contributed by atoms with Crippen molar-refractivity contribution >= 4 is 267 Å². The Hall–Kier alpha value is -11.8. The van der Waals surface area contributed by atoms with Crippen LogP contribution >= 0.6 is 170 Å². The molecule has 18 aromatic rings. The van der Waals surface area contributed by atoms with Gasteiger partial charge >= 0.3 is 12.1 Å². The molecule has 0 radical (unpaired) electrons. The van der Waals surface area contributed by atoms with Crippen LogP contribution in [-0.4, -0.2) is 120 Å². The topological polar surface area (TPSA) is 398 Å². The Morgan fingerprint density at radius 1 is 0.392 bits per heavy atom.